The molecule has 1 aromatic carbocycles. The number of hydrogen-bond acceptors (Lipinski definition) is 3. The maximum atomic E-state index is 11.5. The van der Waals surface area contributed by atoms with E-state index in [0.29, 0.717) is 18.2 Å². The molecule has 4 nitrogen and oxygen atoms in total. The lowest BCUT2D eigenvalue weighted by molar-refractivity contribution is 0.0962. The quantitative estimate of drug-likeness (QED) is 0.797. The maximum Gasteiger partial charge on any atom is 0.251 e. The first-order chi connectivity index (χ1) is 7.74. The van der Waals surface area contributed by atoms with Crippen molar-refractivity contribution in [3.63, 3.8) is 0 Å². The van der Waals surface area contributed by atoms with Crippen LogP contribution in [0.4, 0.5) is 0 Å². The van der Waals surface area contributed by atoms with Crippen LogP contribution in [0.25, 0.3) is 0 Å². The van der Waals surface area contributed by atoms with E-state index in [-0.39, 0.29) is 5.91 Å². The van der Waals surface area contributed by atoms with Crippen LogP contribution in [0.15, 0.2) is 18.2 Å². The van der Waals surface area contributed by atoms with Crippen molar-refractivity contribution in [2.75, 3.05) is 7.05 Å². The second kappa shape index (κ2) is 4.53. The van der Waals surface area contributed by atoms with Crippen molar-refractivity contribution in [3.05, 3.63) is 29.3 Å². The van der Waals surface area contributed by atoms with Crippen LogP contribution in [0.1, 0.15) is 28.8 Å². The molecule has 0 heterocycles. The molecular formula is C12H16N2O2. The Morgan fingerprint density at radius 2 is 2.31 bits per heavy atom. The summed E-state index contributed by atoms with van der Waals surface area (Å²) < 4.78 is 5.72. The van der Waals surface area contributed by atoms with E-state index in [9.17, 15) is 4.79 Å². The molecule has 1 aliphatic carbocycles. The largest absolute Gasteiger partial charge is 0.490 e. The summed E-state index contributed by atoms with van der Waals surface area (Å²) in [5.74, 6) is 0.635. The smallest absolute Gasteiger partial charge is 0.251 e. The Bertz CT molecular complexity index is 400. The van der Waals surface area contributed by atoms with Crippen molar-refractivity contribution in [2.45, 2.75) is 25.5 Å². The van der Waals surface area contributed by atoms with Gasteiger partial charge in [-0.05, 0) is 25.0 Å². The Morgan fingerprint density at radius 1 is 1.56 bits per heavy atom. The van der Waals surface area contributed by atoms with Gasteiger partial charge in [0.05, 0.1) is 6.10 Å². The van der Waals surface area contributed by atoms with Crippen molar-refractivity contribution >= 4 is 5.91 Å². The van der Waals surface area contributed by atoms with Crippen molar-refractivity contribution < 1.29 is 9.53 Å². The summed E-state index contributed by atoms with van der Waals surface area (Å²) in [4.78, 5) is 11.5. The number of ether oxygens (including phenoxy) is 1. The summed E-state index contributed by atoms with van der Waals surface area (Å²) in [5.41, 5.74) is 7.18. The van der Waals surface area contributed by atoms with Gasteiger partial charge in [0.25, 0.3) is 5.91 Å². The molecule has 16 heavy (non-hydrogen) atoms. The highest BCUT2D eigenvalue weighted by Crippen LogP contribution is 2.29. The first kappa shape index (κ1) is 11.0. The van der Waals surface area contributed by atoms with Gasteiger partial charge in [0, 0.05) is 24.7 Å². The maximum absolute atomic E-state index is 11.5. The van der Waals surface area contributed by atoms with Crippen molar-refractivity contribution in [3.8, 4) is 5.75 Å². The molecule has 4 heteroatoms. The highest BCUT2D eigenvalue weighted by atomic mass is 16.5. The van der Waals surface area contributed by atoms with E-state index in [1.807, 2.05) is 6.07 Å². The van der Waals surface area contributed by atoms with Gasteiger partial charge in [0.15, 0.2) is 0 Å². The molecule has 0 bridgehead atoms. The average molecular weight is 220 g/mol. The average Bonchev–Trinajstić information content (AvgIpc) is 3.12. The monoisotopic (exact) mass is 220 g/mol. The van der Waals surface area contributed by atoms with Crippen LogP contribution in [0.2, 0.25) is 0 Å². The van der Waals surface area contributed by atoms with E-state index in [0.717, 1.165) is 24.2 Å². The van der Waals surface area contributed by atoms with Gasteiger partial charge in [-0.1, -0.05) is 6.07 Å². The topological polar surface area (TPSA) is 64.4 Å². The van der Waals surface area contributed by atoms with Gasteiger partial charge in [-0.25, -0.2) is 0 Å². The zero-order valence-corrected chi connectivity index (χ0v) is 9.32. The van der Waals surface area contributed by atoms with Gasteiger partial charge >= 0.3 is 0 Å². The second-order valence-corrected chi connectivity index (χ2v) is 3.92. The van der Waals surface area contributed by atoms with Gasteiger partial charge in [-0.3, -0.25) is 4.79 Å². The number of amides is 1. The number of benzene rings is 1. The third kappa shape index (κ3) is 2.33. The van der Waals surface area contributed by atoms with E-state index in [1.165, 1.54) is 0 Å². The van der Waals surface area contributed by atoms with E-state index in [2.05, 4.69) is 5.32 Å². The minimum Gasteiger partial charge on any atom is -0.490 e. The molecule has 0 saturated heterocycles. The first-order valence-corrected chi connectivity index (χ1v) is 5.46. The molecule has 1 amide bonds. The third-order valence-corrected chi connectivity index (χ3v) is 2.59. The van der Waals surface area contributed by atoms with E-state index in [4.69, 9.17) is 10.5 Å². The summed E-state index contributed by atoms with van der Waals surface area (Å²) in [7, 11) is 1.61. The minimum atomic E-state index is -0.107. The Labute approximate surface area is 94.8 Å². The zero-order chi connectivity index (χ0) is 11.5. The fourth-order valence-electron chi connectivity index (χ4n) is 1.48. The van der Waals surface area contributed by atoms with Gasteiger partial charge in [-0.15, -0.1) is 0 Å². The molecule has 0 radical (unpaired) electrons. The normalized spacial score (nSPS) is 14.6. The predicted octanol–water partition coefficient (Wildman–Crippen LogP) is 1.05. The number of carbonyl (C=O) groups is 1. The summed E-state index contributed by atoms with van der Waals surface area (Å²) >= 11 is 0. The van der Waals surface area contributed by atoms with Crippen molar-refractivity contribution in [1.82, 2.24) is 5.32 Å². The molecule has 0 aliphatic heterocycles. The van der Waals surface area contributed by atoms with Crippen LogP contribution < -0.4 is 15.8 Å². The van der Waals surface area contributed by atoms with E-state index >= 15 is 0 Å². The van der Waals surface area contributed by atoms with Crippen molar-refractivity contribution in [2.24, 2.45) is 5.73 Å². The SMILES string of the molecule is CNC(=O)c1ccc(CN)c(OC2CC2)c1. The summed E-state index contributed by atoms with van der Waals surface area (Å²) in [5, 5.41) is 2.59. The lowest BCUT2D eigenvalue weighted by atomic mass is 10.1. The predicted molar refractivity (Wildman–Crippen MR) is 61.4 cm³/mol. The molecule has 2 rings (SSSR count). The van der Waals surface area contributed by atoms with Crippen molar-refractivity contribution in [1.29, 1.82) is 0 Å². The Morgan fingerprint density at radius 3 is 2.88 bits per heavy atom. The fourth-order valence-corrected chi connectivity index (χ4v) is 1.48. The molecule has 0 aromatic heterocycles. The number of carbonyl (C=O) groups excluding carboxylic acids is 1. The highest BCUT2D eigenvalue weighted by molar-refractivity contribution is 5.94. The lowest BCUT2D eigenvalue weighted by Gasteiger charge is -2.11. The molecule has 1 saturated carbocycles. The number of nitrogens with two attached hydrogens (primary N) is 1. The Hall–Kier alpha value is -1.55. The second-order valence-electron chi connectivity index (χ2n) is 3.92. The minimum absolute atomic E-state index is 0.107. The molecule has 0 spiro atoms. The summed E-state index contributed by atoms with van der Waals surface area (Å²) in [6.45, 7) is 0.427. The molecule has 0 atom stereocenters. The van der Waals surface area contributed by atoms with Gasteiger partial charge < -0.3 is 15.8 Å². The van der Waals surface area contributed by atoms with Crippen LogP contribution >= 0.6 is 0 Å². The van der Waals surface area contributed by atoms with Gasteiger partial charge in [0.1, 0.15) is 5.75 Å². The Balaban J connectivity index is 2.25. The molecule has 3 N–H and O–H groups in total. The molecule has 1 aromatic rings. The number of rotatable bonds is 4. The standard InChI is InChI=1S/C12H16N2O2/c1-14-12(15)8-2-3-9(7-13)11(6-8)16-10-4-5-10/h2-3,6,10H,4-5,7,13H2,1H3,(H,14,15). The van der Waals surface area contributed by atoms with E-state index < -0.39 is 0 Å². The molecule has 0 unspecified atom stereocenters. The zero-order valence-electron chi connectivity index (χ0n) is 9.32. The van der Waals surface area contributed by atoms with Gasteiger partial charge in [0.2, 0.25) is 0 Å². The molecule has 86 valence electrons. The van der Waals surface area contributed by atoms with Crippen LogP contribution in [0.5, 0.6) is 5.75 Å². The summed E-state index contributed by atoms with van der Waals surface area (Å²) in [6, 6.07) is 5.38. The van der Waals surface area contributed by atoms with Crippen LogP contribution in [0, 0.1) is 0 Å². The van der Waals surface area contributed by atoms with Crippen LogP contribution in [0.3, 0.4) is 0 Å². The Kier molecular flexibility index (Phi) is 3.10. The number of nitrogens with one attached hydrogen (secondary N) is 1. The fraction of sp³-hybridized carbons (Fsp3) is 0.417. The lowest BCUT2D eigenvalue weighted by Crippen LogP contribution is -2.18. The van der Waals surface area contributed by atoms with Crippen LogP contribution in [-0.2, 0) is 6.54 Å². The first-order valence-electron chi connectivity index (χ1n) is 5.46. The van der Waals surface area contributed by atoms with E-state index in [1.54, 1.807) is 19.2 Å². The number of hydrogen-bond donors (Lipinski definition) is 2. The summed E-state index contributed by atoms with van der Waals surface area (Å²) in [6.07, 6.45) is 2.49. The molecule has 1 fully saturated rings. The third-order valence-electron chi connectivity index (χ3n) is 2.59. The van der Waals surface area contributed by atoms with Gasteiger partial charge in [-0.2, -0.15) is 0 Å². The molecule has 1 aliphatic rings. The molecular weight excluding hydrogens is 204 g/mol. The van der Waals surface area contributed by atoms with Crippen LogP contribution in [-0.4, -0.2) is 19.1 Å². The highest BCUT2D eigenvalue weighted by Gasteiger charge is 2.24.